The van der Waals surface area contributed by atoms with E-state index in [1.54, 1.807) is 0 Å². The molecule has 4 rings (SSSR count). The Bertz CT molecular complexity index is 1310. The molecule has 0 unspecified atom stereocenters. The molecule has 4 aromatic heterocycles. The molecular formula is C50H78N6. The maximum absolute atomic E-state index is 4.52. The Morgan fingerprint density at radius 2 is 0.536 bits per heavy atom. The van der Waals surface area contributed by atoms with E-state index < -0.39 is 0 Å². The first-order valence-corrected chi connectivity index (χ1v) is 22.8. The van der Waals surface area contributed by atoms with Crippen molar-refractivity contribution in [3.8, 4) is 0 Å². The Morgan fingerprint density at radius 3 is 0.750 bits per heavy atom. The van der Waals surface area contributed by atoms with Crippen LogP contribution in [0.25, 0.3) is 0 Å². The summed E-state index contributed by atoms with van der Waals surface area (Å²) in [4.78, 5) is 22.9. The van der Waals surface area contributed by atoms with Crippen molar-refractivity contribution < 1.29 is 0 Å². The van der Waals surface area contributed by atoms with Crippen LogP contribution in [0.4, 0.5) is 0 Å². The van der Waals surface area contributed by atoms with Crippen LogP contribution in [0.5, 0.6) is 0 Å². The Morgan fingerprint density at radius 1 is 0.304 bits per heavy atom. The Balaban J connectivity index is 0.000000320. The zero-order valence-electron chi connectivity index (χ0n) is 35.7. The molecule has 308 valence electrons. The van der Waals surface area contributed by atoms with Gasteiger partial charge >= 0.3 is 0 Å². The Kier molecular flexibility index (Phi) is 28.2. The fourth-order valence-corrected chi connectivity index (χ4v) is 7.31. The van der Waals surface area contributed by atoms with Gasteiger partial charge in [0.25, 0.3) is 0 Å². The monoisotopic (exact) mass is 763 g/mol. The van der Waals surface area contributed by atoms with E-state index in [2.05, 4.69) is 92.1 Å². The first-order valence-electron chi connectivity index (χ1n) is 22.8. The first kappa shape index (κ1) is 46.9. The lowest BCUT2D eigenvalue weighted by molar-refractivity contribution is 0.244. The number of rotatable bonds is 32. The number of aromatic nitrogens is 4. The topological polar surface area (TPSA) is 58.0 Å². The summed E-state index contributed by atoms with van der Waals surface area (Å²) < 4.78 is 0. The minimum atomic E-state index is 0.895. The third-order valence-corrected chi connectivity index (χ3v) is 10.6. The molecule has 0 saturated carbocycles. The summed E-state index contributed by atoms with van der Waals surface area (Å²) in [6.07, 6.45) is 38.1. The first-order chi connectivity index (χ1) is 27.8. The summed E-state index contributed by atoms with van der Waals surface area (Å²) in [6.45, 7) is 10.4. The van der Waals surface area contributed by atoms with Gasteiger partial charge in [0.1, 0.15) is 0 Å². The number of nitrogens with zero attached hydrogens (tertiary/aromatic N) is 6. The van der Waals surface area contributed by atoms with Gasteiger partial charge in [-0.3, -0.25) is 29.7 Å². The van der Waals surface area contributed by atoms with Gasteiger partial charge < -0.3 is 0 Å². The summed E-state index contributed by atoms with van der Waals surface area (Å²) in [6, 6.07) is 24.7. The highest BCUT2D eigenvalue weighted by atomic mass is 15.1. The van der Waals surface area contributed by atoms with Crippen LogP contribution < -0.4 is 0 Å². The van der Waals surface area contributed by atoms with Crippen LogP contribution in [-0.2, 0) is 26.2 Å². The molecule has 6 nitrogen and oxygen atoms in total. The standard InChI is InChI=1S/C30H49N3.C20H29N3/c1-2-3-4-5-6-7-8-9-10-11-12-13-14-15-16-21-26-33(27-29-22-17-19-24-31-29)28-30-23-18-20-25-32-30;1-2-3-4-5-6-11-16-23(17-19-12-7-9-14-21-19)18-20-13-8-10-15-22-20/h17-20,22-25H,2-16,21,26-28H2,1H3;7-10,12-15H,2-6,11,16-18H2,1H3. The van der Waals surface area contributed by atoms with Gasteiger partial charge in [0.15, 0.2) is 0 Å². The fraction of sp³-hybridized carbons (Fsp3) is 0.600. The summed E-state index contributed by atoms with van der Waals surface area (Å²) in [7, 11) is 0. The lowest BCUT2D eigenvalue weighted by Gasteiger charge is -2.21. The van der Waals surface area contributed by atoms with Crippen molar-refractivity contribution in [3.63, 3.8) is 0 Å². The highest BCUT2D eigenvalue weighted by Crippen LogP contribution is 2.15. The van der Waals surface area contributed by atoms with Crippen molar-refractivity contribution in [3.05, 3.63) is 120 Å². The highest BCUT2D eigenvalue weighted by molar-refractivity contribution is 5.07. The molecule has 4 heterocycles. The highest BCUT2D eigenvalue weighted by Gasteiger charge is 2.10. The van der Waals surface area contributed by atoms with Gasteiger partial charge in [-0.2, -0.15) is 0 Å². The van der Waals surface area contributed by atoms with Gasteiger partial charge in [-0.05, 0) is 74.5 Å². The number of hydrogen-bond donors (Lipinski definition) is 0. The predicted molar refractivity (Wildman–Crippen MR) is 238 cm³/mol. The van der Waals surface area contributed by atoms with Gasteiger partial charge in [-0.25, -0.2) is 0 Å². The van der Waals surface area contributed by atoms with E-state index in [-0.39, 0.29) is 0 Å². The summed E-state index contributed by atoms with van der Waals surface area (Å²) in [5.74, 6) is 0. The third kappa shape index (κ3) is 24.9. The SMILES string of the molecule is CCCCCCCCCCCCCCCCCCN(Cc1ccccn1)Cc1ccccn1.CCCCCCCCN(Cc1ccccn1)Cc1ccccn1. The summed E-state index contributed by atoms with van der Waals surface area (Å²) in [5.41, 5.74) is 4.55. The molecular weight excluding hydrogens is 685 g/mol. The van der Waals surface area contributed by atoms with Crippen molar-refractivity contribution in [1.82, 2.24) is 29.7 Å². The molecule has 0 saturated heterocycles. The van der Waals surface area contributed by atoms with Crippen molar-refractivity contribution in [2.75, 3.05) is 13.1 Å². The molecule has 0 bridgehead atoms. The minimum Gasteiger partial charge on any atom is -0.292 e. The maximum Gasteiger partial charge on any atom is 0.0544 e. The molecule has 6 heteroatoms. The number of pyridine rings is 4. The van der Waals surface area contributed by atoms with Crippen LogP contribution in [0, 0.1) is 0 Å². The molecule has 0 N–H and O–H groups in total. The van der Waals surface area contributed by atoms with Crippen LogP contribution in [0.15, 0.2) is 97.6 Å². The number of unbranched alkanes of at least 4 members (excludes halogenated alkanes) is 20. The van der Waals surface area contributed by atoms with Gasteiger partial charge in [-0.1, -0.05) is 167 Å². The maximum atomic E-state index is 4.52. The Labute approximate surface area is 343 Å². The smallest absolute Gasteiger partial charge is 0.0544 e. The van der Waals surface area contributed by atoms with E-state index >= 15 is 0 Å². The quantitative estimate of drug-likeness (QED) is 0.0462. The average Bonchev–Trinajstić information content (AvgIpc) is 3.23. The van der Waals surface area contributed by atoms with Crippen molar-refractivity contribution in [1.29, 1.82) is 0 Å². The van der Waals surface area contributed by atoms with Crippen LogP contribution in [0.3, 0.4) is 0 Å². The van der Waals surface area contributed by atoms with E-state index in [9.17, 15) is 0 Å². The van der Waals surface area contributed by atoms with Crippen LogP contribution in [-0.4, -0.2) is 42.8 Å². The van der Waals surface area contributed by atoms with Gasteiger partial charge in [0.2, 0.25) is 0 Å². The van der Waals surface area contributed by atoms with Crippen LogP contribution in [0.1, 0.15) is 178 Å². The summed E-state index contributed by atoms with van der Waals surface area (Å²) in [5, 5.41) is 0. The van der Waals surface area contributed by atoms with E-state index in [0.29, 0.717) is 0 Å². The minimum absolute atomic E-state index is 0.895. The molecule has 0 aliphatic carbocycles. The van der Waals surface area contributed by atoms with Gasteiger partial charge in [-0.15, -0.1) is 0 Å². The van der Waals surface area contributed by atoms with Crippen molar-refractivity contribution >= 4 is 0 Å². The summed E-state index contributed by atoms with van der Waals surface area (Å²) >= 11 is 0. The molecule has 0 aromatic carbocycles. The lowest BCUT2D eigenvalue weighted by atomic mass is 10.0. The molecule has 0 spiro atoms. The average molecular weight is 763 g/mol. The molecule has 0 amide bonds. The second-order valence-electron chi connectivity index (χ2n) is 15.8. The lowest BCUT2D eigenvalue weighted by Crippen LogP contribution is -2.25. The fourth-order valence-electron chi connectivity index (χ4n) is 7.31. The molecule has 4 aromatic rings. The Hall–Kier alpha value is -3.48. The molecule has 0 aliphatic rings. The molecule has 0 fully saturated rings. The van der Waals surface area contributed by atoms with Crippen LogP contribution >= 0.6 is 0 Å². The van der Waals surface area contributed by atoms with Crippen molar-refractivity contribution in [2.45, 2.75) is 181 Å². The second kappa shape index (κ2) is 33.6. The van der Waals surface area contributed by atoms with E-state index in [0.717, 1.165) is 62.0 Å². The van der Waals surface area contributed by atoms with Crippen molar-refractivity contribution in [2.24, 2.45) is 0 Å². The number of hydrogen-bond acceptors (Lipinski definition) is 6. The second-order valence-corrected chi connectivity index (χ2v) is 15.8. The van der Waals surface area contributed by atoms with E-state index in [1.165, 1.54) is 141 Å². The molecule has 0 radical (unpaired) electrons. The normalized spacial score (nSPS) is 11.2. The van der Waals surface area contributed by atoms with E-state index in [1.807, 2.05) is 49.1 Å². The molecule has 0 aliphatic heterocycles. The zero-order valence-corrected chi connectivity index (χ0v) is 35.7. The van der Waals surface area contributed by atoms with Gasteiger partial charge in [0, 0.05) is 51.0 Å². The predicted octanol–water partition coefficient (Wildman–Crippen LogP) is 13.6. The zero-order chi connectivity index (χ0) is 39.4. The largest absolute Gasteiger partial charge is 0.292 e. The molecule has 56 heavy (non-hydrogen) atoms. The third-order valence-electron chi connectivity index (χ3n) is 10.6. The van der Waals surface area contributed by atoms with Crippen LogP contribution in [0.2, 0.25) is 0 Å². The van der Waals surface area contributed by atoms with Gasteiger partial charge in [0.05, 0.1) is 22.8 Å². The molecule has 0 atom stereocenters. The van der Waals surface area contributed by atoms with E-state index in [4.69, 9.17) is 0 Å².